The highest BCUT2D eigenvalue weighted by Gasteiger charge is 2.08. The van der Waals surface area contributed by atoms with Gasteiger partial charge in [0.05, 0.1) is 0 Å². The molecule has 0 saturated carbocycles. The normalized spacial score (nSPS) is 17.9. The van der Waals surface area contributed by atoms with E-state index in [1.54, 1.807) is 5.57 Å². The average molecular weight is 287 g/mol. The lowest BCUT2D eigenvalue weighted by Crippen LogP contribution is -2.26. The van der Waals surface area contributed by atoms with E-state index in [9.17, 15) is 0 Å². The third-order valence-electron chi connectivity index (χ3n) is 4.80. The van der Waals surface area contributed by atoms with Gasteiger partial charge in [-0.05, 0) is 52.4 Å². The highest BCUT2D eigenvalue weighted by atomic mass is 15.1. The van der Waals surface area contributed by atoms with Crippen LogP contribution in [-0.4, -0.2) is 25.0 Å². The fraction of sp³-hybridized carbons (Fsp3) is 0.238. The van der Waals surface area contributed by atoms with Gasteiger partial charge in [-0.15, -0.1) is 0 Å². The first-order chi connectivity index (χ1) is 10.8. The molecule has 0 unspecified atom stereocenters. The molecule has 110 valence electrons. The molecule has 0 bridgehead atoms. The number of fused-ring (bicyclic) bond motifs is 2. The van der Waals surface area contributed by atoms with Crippen LogP contribution in [0.4, 0.5) is 0 Å². The monoisotopic (exact) mass is 287 g/mol. The van der Waals surface area contributed by atoms with Crippen LogP contribution in [-0.2, 0) is 0 Å². The van der Waals surface area contributed by atoms with Crippen LogP contribution in [0.1, 0.15) is 18.4 Å². The molecule has 2 aromatic rings. The molecule has 0 radical (unpaired) electrons. The summed E-state index contributed by atoms with van der Waals surface area (Å²) in [5, 5.41) is 5.43. The van der Waals surface area contributed by atoms with Gasteiger partial charge in [0.1, 0.15) is 0 Å². The van der Waals surface area contributed by atoms with Gasteiger partial charge in [0.15, 0.2) is 0 Å². The minimum absolute atomic E-state index is 1.18. The minimum atomic E-state index is 1.18. The van der Waals surface area contributed by atoms with Gasteiger partial charge in [-0.2, -0.15) is 0 Å². The molecule has 0 amide bonds. The van der Waals surface area contributed by atoms with E-state index in [0.717, 1.165) is 0 Å². The van der Waals surface area contributed by atoms with Crippen molar-refractivity contribution in [3.63, 3.8) is 0 Å². The van der Waals surface area contributed by atoms with Gasteiger partial charge in [0.25, 0.3) is 0 Å². The second-order valence-corrected chi connectivity index (χ2v) is 6.34. The summed E-state index contributed by atoms with van der Waals surface area (Å²) >= 11 is 0. The van der Waals surface area contributed by atoms with Gasteiger partial charge in [0, 0.05) is 13.1 Å². The lowest BCUT2D eigenvalue weighted by atomic mass is 10.0. The SMILES string of the molecule is CN1CCC(=CC=c2cccc3c2=c2ccccc2=C3)CC1. The van der Waals surface area contributed by atoms with Crippen molar-refractivity contribution >= 4 is 12.2 Å². The molecule has 22 heavy (non-hydrogen) atoms. The van der Waals surface area contributed by atoms with Gasteiger partial charge in [-0.25, -0.2) is 0 Å². The van der Waals surface area contributed by atoms with Gasteiger partial charge < -0.3 is 4.90 Å². The summed E-state index contributed by atoms with van der Waals surface area (Å²) in [6.07, 6.45) is 9.36. The van der Waals surface area contributed by atoms with Gasteiger partial charge in [0.2, 0.25) is 0 Å². The lowest BCUT2D eigenvalue weighted by Gasteiger charge is -2.23. The van der Waals surface area contributed by atoms with Crippen molar-refractivity contribution in [3.8, 4) is 0 Å². The Morgan fingerprint density at radius 2 is 1.73 bits per heavy atom. The van der Waals surface area contributed by atoms with Crippen LogP contribution < -0.4 is 10.4 Å². The highest BCUT2D eigenvalue weighted by Crippen LogP contribution is 2.14. The van der Waals surface area contributed by atoms with Crippen LogP contribution in [0.3, 0.4) is 0 Å². The first-order valence-corrected chi connectivity index (χ1v) is 8.10. The maximum Gasteiger partial charge on any atom is 0.00158 e. The molecule has 0 spiro atoms. The summed E-state index contributed by atoms with van der Waals surface area (Å²) in [5.74, 6) is 0. The number of nitrogens with zero attached hydrogens (tertiary/aromatic N) is 1. The van der Waals surface area contributed by atoms with E-state index >= 15 is 0 Å². The van der Waals surface area contributed by atoms with Crippen molar-refractivity contribution in [2.24, 2.45) is 0 Å². The predicted molar refractivity (Wildman–Crippen MR) is 92.7 cm³/mol. The van der Waals surface area contributed by atoms with E-state index in [0.29, 0.717) is 0 Å². The summed E-state index contributed by atoms with van der Waals surface area (Å²) < 4.78 is 0. The number of likely N-dealkylation sites (tertiary alicyclic amines) is 1. The Morgan fingerprint density at radius 1 is 0.909 bits per heavy atom. The molecule has 1 fully saturated rings. The summed E-state index contributed by atoms with van der Waals surface area (Å²) in [6.45, 7) is 2.37. The second-order valence-electron chi connectivity index (χ2n) is 6.34. The molecule has 1 aliphatic carbocycles. The molecular weight excluding hydrogens is 266 g/mol. The van der Waals surface area contributed by atoms with E-state index in [2.05, 4.69) is 72.6 Å². The largest absolute Gasteiger partial charge is 0.306 e. The maximum atomic E-state index is 2.41. The van der Waals surface area contributed by atoms with Crippen LogP contribution in [0.25, 0.3) is 12.2 Å². The van der Waals surface area contributed by atoms with Crippen molar-refractivity contribution < 1.29 is 0 Å². The molecule has 1 heterocycles. The molecule has 0 N–H and O–H groups in total. The number of allylic oxidation sites excluding steroid dienone is 1. The number of benzene rings is 2. The summed E-state index contributed by atoms with van der Waals surface area (Å²) in [5.41, 5.74) is 2.92. The Morgan fingerprint density at radius 3 is 2.59 bits per heavy atom. The number of hydrogen-bond acceptors (Lipinski definition) is 1. The van der Waals surface area contributed by atoms with Crippen molar-refractivity contribution in [2.45, 2.75) is 12.8 Å². The first-order valence-electron chi connectivity index (χ1n) is 8.10. The fourth-order valence-electron chi connectivity index (χ4n) is 3.46. The Hall–Kier alpha value is -2.12. The van der Waals surface area contributed by atoms with E-state index in [1.165, 1.54) is 52.4 Å². The van der Waals surface area contributed by atoms with Crippen LogP contribution >= 0.6 is 0 Å². The zero-order valence-corrected chi connectivity index (χ0v) is 13.0. The van der Waals surface area contributed by atoms with Crippen LogP contribution in [0.2, 0.25) is 0 Å². The number of rotatable bonds is 1. The zero-order valence-electron chi connectivity index (χ0n) is 13.0. The number of hydrogen-bond donors (Lipinski definition) is 0. The summed E-state index contributed by atoms with van der Waals surface area (Å²) in [4.78, 5) is 2.41. The first kappa shape index (κ1) is 13.5. The topological polar surface area (TPSA) is 3.24 Å². The molecule has 2 aliphatic rings. The van der Waals surface area contributed by atoms with Crippen LogP contribution in [0, 0.1) is 10.4 Å². The molecule has 1 nitrogen and oxygen atoms in total. The van der Waals surface area contributed by atoms with Crippen LogP contribution in [0.15, 0.2) is 54.1 Å². The van der Waals surface area contributed by atoms with Crippen molar-refractivity contribution in [1.82, 2.24) is 4.90 Å². The van der Waals surface area contributed by atoms with Crippen LogP contribution in [0.5, 0.6) is 0 Å². The molecule has 1 heteroatoms. The van der Waals surface area contributed by atoms with Gasteiger partial charge in [-0.1, -0.05) is 60.2 Å². The second kappa shape index (κ2) is 5.58. The molecule has 2 aromatic carbocycles. The quantitative estimate of drug-likeness (QED) is 0.665. The average Bonchev–Trinajstić information content (AvgIpc) is 2.93. The van der Waals surface area contributed by atoms with Gasteiger partial charge in [-0.3, -0.25) is 0 Å². The highest BCUT2D eigenvalue weighted by molar-refractivity contribution is 5.57. The molecule has 0 aromatic heterocycles. The van der Waals surface area contributed by atoms with E-state index in [1.807, 2.05) is 0 Å². The minimum Gasteiger partial charge on any atom is -0.306 e. The summed E-state index contributed by atoms with van der Waals surface area (Å²) in [7, 11) is 2.21. The Balaban J connectivity index is 1.86. The standard InChI is InChI=1S/C21H21N/c1-22-13-11-16(12-14-22)9-10-17-6-4-7-19-15-18-5-2-3-8-20(18)21(17)19/h2-10,15H,11-14H2,1H3. The molecular formula is C21H21N. The van der Waals surface area contributed by atoms with E-state index in [-0.39, 0.29) is 0 Å². The molecule has 1 aliphatic heterocycles. The predicted octanol–water partition coefficient (Wildman–Crippen LogP) is 2.55. The maximum absolute atomic E-state index is 2.41. The number of piperidine rings is 1. The zero-order chi connectivity index (χ0) is 14.9. The van der Waals surface area contributed by atoms with Crippen molar-refractivity contribution in [3.05, 3.63) is 80.6 Å². The Labute approximate surface area is 131 Å². The molecule has 1 saturated heterocycles. The van der Waals surface area contributed by atoms with E-state index in [4.69, 9.17) is 0 Å². The lowest BCUT2D eigenvalue weighted by molar-refractivity contribution is 0.312. The third kappa shape index (κ3) is 2.42. The summed E-state index contributed by atoms with van der Waals surface area (Å²) in [6, 6.07) is 15.3. The molecule has 4 rings (SSSR count). The van der Waals surface area contributed by atoms with E-state index < -0.39 is 0 Å². The van der Waals surface area contributed by atoms with Crippen molar-refractivity contribution in [2.75, 3.05) is 20.1 Å². The fourth-order valence-corrected chi connectivity index (χ4v) is 3.46. The Kier molecular flexibility index (Phi) is 3.44. The van der Waals surface area contributed by atoms with Gasteiger partial charge >= 0.3 is 0 Å². The third-order valence-corrected chi connectivity index (χ3v) is 4.80. The molecule has 0 atom stereocenters. The van der Waals surface area contributed by atoms with Crippen molar-refractivity contribution in [1.29, 1.82) is 0 Å². The smallest absolute Gasteiger partial charge is 0.00158 e. The Bertz CT molecular complexity index is 940.